The summed E-state index contributed by atoms with van der Waals surface area (Å²) in [6, 6.07) is 0. The van der Waals surface area contributed by atoms with Gasteiger partial charge in [-0.1, -0.05) is 0 Å². The summed E-state index contributed by atoms with van der Waals surface area (Å²) in [6.07, 6.45) is -9.37. The number of carbonyl (C=O) groups excluding carboxylic acids is 2. The van der Waals surface area contributed by atoms with Crippen molar-refractivity contribution in [2.45, 2.75) is 32.6 Å². The Morgan fingerprint density at radius 3 is 1.61 bits per heavy atom. The lowest BCUT2D eigenvalue weighted by atomic mass is 9.82. The van der Waals surface area contributed by atoms with E-state index in [1.54, 1.807) is 6.26 Å². The van der Waals surface area contributed by atoms with E-state index in [2.05, 4.69) is 9.47 Å². The van der Waals surface area contributed by atoms with E-state index in [0.717, 1.165) is 11.8 Å². The maximum absolute atomic E-state index is 13.5. The second kappa shape index (κ2) is 9.57. The molecule has 1 heterocycles. The molecule has 0 fully saturated rings. The molecule has 0 spiro atoms. The summed E-state index contributed by atoms with van der Waals surface area (Å²) in [4.78, 5) is 24.5. The van der Waals surface area contributed by atoms with Gasteiger partial charge in [-0.25, -0.2) is 9.59 Å². The number of hydrogen-bond acceptors (Lipinski definition) is 6. The number of hydrogen-bond donors (Lipinski definition) is 1. The Morgan fingerprint density at radius 1 is 0.929 bits per heavy atom. The van der Waals surface area contributed by atoms with Crippen LogP contribution in [0.25, 0.3) is 0 Å². The van der Waals surface area contributed by atoms with Crippen LogP contribution in [0.5, 0.6) is 0 Å². The Labute approximate surface area is 161 Å². The molecule has 12 heteroatoms. The number of thioether (sulfide) groups is 1. The third-order valence-electron chi connectivity index (χ3n) is 3.65. The van der Waals surface area contributed by atoms with Gasteiger partial charge in [-0.2, -0.15) is 38.1 Å². The third kappa shape index (κ3) is 5.58. The second-order valence-electron chi connectivity index (χ2n) is 5.47. The largest absolute Gasteiger partial charge is 0.463 e. The lowest BCUT2D eigenvalue weighted by Crippen LogP contribution is -2.44. The Bertz CT molecular complexity index is 617. The molecule has 0 unspecified atom stereocenters. The quantitative estimate of drug-likeness (QED) is 0.486. The summed E-state index contributed by atoms with van der Waals surface area (Å²) in [5.74, 6) is -4.60. The molecule has 0 saturated carbocycles. The molecule has 0 atom stereocenters. The molecule has 1 rings (SSSR count). The topological polar surface area (TPSA) is 64.6 Å². The zero-order valence-corrected chi connectivity index (χ0v) is 16.0. The van der Waals surface area contributed by atoms with Crippen molar-refractivity contribution in [1.29, 1.82) is 0 Å². The molecular weight excluding hydrogens is 416 g/mol. The van der Waals surface area contributed by atoms with Crippen LogP contribution in [0.4, 0.5) is 26.3 Å². The highest BCUT2D eigenvalue weighted by atomic mass is 32.2. The summed E-state index contributed by atoms with van der Waals surface area (Å²) in [5, 5.41) is 1.22. The van der Waals surface area contributed by atoms with Crippen molar-refractivity contribution in [2.75, 3.05) is 25.2 Å². The minimum absolute atomic E-state index is 0.0900. The van der Waals surface area contributed by atoms with Gasteiger partial charge in [-0.15, -0.1) is 0 Å². The number of dihydropyridines is 1. The van der Waals surface area contributed by atoms with Crippen molar-refractivity contribution >= 4 is 23.7 Å². The summed E-state index contributed by atoms with van der Waals surface area (Å²) in [7, 11) is 0. The number of alkyl halides is 6. The van der Waals surface area contributed by atoms with Gasteiger partial charge in [-0.3, -0.25) is 0 Å². The van der Waals surface area contributed by atoms with E-state index in [9.17, 15) is 35.9 Å². The lowest BCUT2D eigenvalue weighted by molar-refractivity contribution is -0.144. The molecule has 0 saturated heterocycles. The fraction of sp³-hybridized carbons (Fsp3) is 0.625. The normalized spacial score (nSPS) is 16.2. The molecule has 0 aliphatic carbocycles. The maximum Gasteiger partial charge on any atom is 0.431 e. The van der Waals surface area contributed by atoms with E-state index in [-0.39, 0.29) is 25.4 Å². The van der Waals surface area contributed by atoms with E-state index in [1.807, 2.05) is 0 Å². The van der Waals surface area contributed by atoms with Crippen molar-refractivity contribution in [3.8, 4) is 0 Å². The summed E-state index contributed by atoms with van der Waals surface area (Å²) < 4.78 is 90.2. The van der Waals surface area contributed by atoms with E-state index in [1.165, 1.54) is 19.2 Å². The number of rotatable bonds is 7. The van der Waals surface area contributed by atoms with Crippen molar-refractivity contribution in [3.63, 3.8) is 0 Å². The molecule has 0 aromatic heterocycles. The molecule has 0 bridgehead atoms. The van der Waals surface area contributed by atoms with Crippen LogP contribution in [-0.2, 0) is 19.1 Å². The average molecular weight is 435 g/mol. The highest BCUT2D eigenvalue weighted by Gasteiger charge is 2.52. The highest BCUT2D eigenvalue weighted by molar-refractivity contribution is 7.98. The van der Waals surface area contributed by atoms with Crippen LogP contribution in [0.2, 0.25) is 0 Å². The molecular formula is C16H19F6NO4S. The molecule has 0 aromatic rings. The maximum atomic E-state index is 13.5. The predicted molar refractivity (Wildman–Crippen MR) is 89.1 cm³/mol. The van der Waals surface area contributed by atoms with Crippen molar-refractivity contribution in [3.05, 3.63) is 22.5 Å². The zero-order chi connectivity index (χ0) is 21.7. The van der Waals surface area contributed by atoms with Gasteiger partial charge in [-0.05, 0) is 32.3 Å². The van der Waals surface area contributed by atoms with Gasteiger partial charge in [0.05, 0.1) is 24.4 Å². The first-order valence-corrected chi connectivity index (χ1v) is 9.52. The average Bonchev–Trinajstić information content (AvgIpc) is 2.57. The van der Waals surface area contributed by atoms with Gasteiger partial charge >= 0.3 is 24.3 Å². The molecule has 0 amide bonds. The Balaban J connectivity index is 3.77. The van der Waals surface area contributed by atoms with Crippen molar-refractivity contribution in [1.82, 2.24) is 5.32 Å². The summed E-state index contributed by atoms with van der Waals surface area (Å²) in [6.45, 7) is 2.07. The molecule has 5 nitrogen and oxygen atoms in total. The van der Waals surface area contributed by atoms with Crippen LogP contribution < -0.4 is 5.32 Å². The van der Waals surface area contributed by atoms with Crippen LogP contribution in [-0.4, -0.2) is 49.5 Å². The Morgan fingerprint density at radius 2 is 1.32 bits per heavy atom. The molecule has 1 aliphatic heterocycles. The zero-order valence-electron chi connectivity index (χ0n) is 15.2. The first-order chi connectivity index (χ1) is 12.9. The first-order valence-electron chi connectivity index (χ1n) is 8.12. The van der Waals surface area contributed by atoms with E-state index in [0.29, 0.717) is 0 Å². The number of halogens is 6. The van der Waals surface area contributed by atoms with E-state index in [4.69, 9.17) is 0 Å². The summed E-state index contributed by atoms with van der Waals surface area (Å²) in [5.41, 5.74) is -5.92. The van der Waals surface area contributed by atoms with E-state index >= 15 is 0 Å². The van der Waals surface area contributed by atoms with E-state index < -0.39 is 52.7 Å². The van der Waals surface area contributed by atoms with Crippen molar-refractivity contribution in [2.24, 2.45) is 5.92 Å². The lowest BCUT2D eigenvalue weighted by Gasteiger charge is -2.33. The van der Waals surface area contributed by atoms with Gasteiger partial charge in [0.1, 0.15) is 11.4 Å². The summed E-state index contributed by atoms with van der Waals surface area (Å²) >= 11 is 1.13. The van der Waals surface area contributed by atoms with Gasteiger partial charge in [0.15, 0.2) is 0 Å². The standard InChI is InChI=1S/C16H19F6NO4S/c1-4-26-13(24)9-8(6-7-28-3)10(14(25)27-5-2)12(16(20,21)22)23-11(9)15(17,18)19/h8,23H,4-7H2,1-3H3. The minimum atomic E-state index is -5.31. The van der Waals surface area contributed by atoms with Gasteiger partial charge in [0.25, 0.3) is 0 Å². The fourth-order valence-corrected chi connectivity index (χ4v) is 3.10. The Kier molecular flexibility index (Phi) is 8.27. The van der Waals surface area contributed by atoms with Gasteiger partial charge in [0.2, 0.25) is 0 Å². The second-order valence-corrected chi connectivity index (χ2v) is 6.46. The van der Waals surface area contributed by atoms with Gasteiger partial charge < -0.3 is 14.8 Å². The molecule has 0 aromatic carbocycles. The van der Waals surface area contributed by atoms with Crippen LogP contribution in [0.3, 0.4) is 0 Å². The van der Waals surface area contributed by atoms with Crippen molar-refractivity contribution < 1.29 is 45.4 Å². The number of allylic oxidation sites excluding steroid dienone is 2. The molecule has 0 radical (unpaired) electrons. The van der Waals surface area contributed by atoms with Crippen LogP contribution in [0.1, 0.15) is 20.3 Å². The molecule has 28 heavy (non-hydrogen) atoms. The molecule has 1 aliphatic rings. The predicted octanol–water partition coefficient (Wildman–Crippen LogP) is 3.72. The molecule has 160 valence electrons. The first kappa shape index (κ1) is 24.2. The van der Waals surface area contributed by atoms with Crippen LogP contribution >= 0.6 is 11.8 Å². The number of carbonyl (C=O) groups is 2. The number of esters is 2. The fourth-order valence-electron chi connectivity index (χ4n) is 2.63. The SMILES string of the molecule is CCOC(=O)C1=C(C(F)(F)F)NC(C(F)(F)F)=C(C(=O)OCC)C1CCSC. The number of ether oxygens (including phenoxy) is 2. The Hall–Kier alpha value is -1.85. The van der Waals surface area contributed by atoms with Crippen LogP contribution in [0, 0.1) is 5.92 Å². The minimum Gasteiger partial charge on any atom is -0.463 e. The van der Waals surface area contributed by atoms with Crippen LogP contribution in [0.15, 0.2) is 22.5 Å². The highest BCUT2D eigenvalue weighted by Crippen LogP contribution is 2.43. The van der Waals surface area contributed by atoms with Gasteiger partial charge in [0, 0.05) is 5.92 Å². The smallest absolute Gasteiger partial charge is 0.431 e. The molecule has 1 N–H and O–H groups in total. The number of nitrogens with one attached hydrogen (secondary N) is 1. The third-order valence-corrected chi connectivity index (χ3v) is 4.30. The monoisotopic (exact) mass is 435 g/mol.